The van der Waals surface area contributed by atoms with E-state index in [0.717, 1.165) is 30.2 Å². The molecule has 3 rings (SSSR count). The lowest BCUT2D eigenvalue weighted by Crippen LogP contribution is -2.25. The Kier molecular flexibility index (Phi) is 4.78. The Morgan fingerprint density at radius 3 is 2.64 bits per heavy atom. The van der Waals surface area contributed by atoms with Gasteiger partial charge in [0.15, 0.2) is 0 Å². The number of anilines is 3. The van der Waals surface area contributed by atoms with E-state index in [1.54, 1.807) is 0 Å². The number of benzene rings is 1. The van der Waals surface area contributed by atoms with Crippen LogP contribution >= 0.6 is 11.6 Å². The second-order valence-corrected chi connectivity index (χ2v) is 6.16. The van der Waals surface area contributed by atoms with Crippen molar-refractivity contribution in [3.8, 4) is 0 Å². The molecular formula is C17H21ClN4. The molecule has 1 aliphatic heterocycles. The number of nitrogens with one attached hydrogen (secondary N) is 1. The van der Waals surface area contributed by atoms with E-state index in [1.807, 2.05) is 37.4 Å². The third-order valence-electron chi connectivity index (χ3n) is 4.02. The predicted molar refractivity (Wildman–Crippen MR) is 92.2 cm³/mol. The molecule has 0 atom stereocenters. The molecule has 2 aromatic rings. The highest BCUT2D eigenvalue weighted by Gasteiger charge is 2.12. The zero-order valence-electron chi connectivity index (χ0n) is 12.8. The summed E-state index contributed by atoms with van der Waals surface area (Å²) < 4.78 is 0. The smallest absolute Gasteiger partial charge is 0.229 e. The van der Waals surface area contributed by atoms with Gasteiger partial charge in [-0.15, -0.1) is 0 Å². The van der Waals surface area contributed by atoms with Crippen LogP contribution in [0.4, 0.5) is 17.5 Å². The summed E-state index contributed by atoms with van der Waals surface area (Å²) in [6.07, 6.45) is 6.92. The molecule has 0 unspecified atom stereocenters. The van der Waals surface area contributed by atoms with Crippen LogP contribution in [-0.2, 0) is 0 Å². The van der Waals surface area contributed by atoms with Crippen molar-refractivity contribution >= 4 is 29.1 Å². The number of halogens is 1. The Morgan fingerprint density at radius 1 is 1.09 bits per heavy atom. The number of aromatic nitrogens is 2. The lowest BCUT2D eigenvalue weighted by molar-refractivity contribution is 0.726. The van der Waals surface area contributed by atoms with Gasteiger partial charge in [-0.3, -0.25) is 0 Å². The minimum absolute atomic E-state index is 0.618. The lowest BCUT2D eigenvalue weighted by Gasteiger charge is -2.21. The summed E-state index contributed by atoms with van der Waals surface area (Å²) in [5.74, 6) is 1.62. The normalized spacial score (nSPS) is 15.5. The van der Waals surface area contributed by atoms with E-state index in [1.165, 1.54) is 25.7 Å². The van der Waals surface area contributed by atoms with E-state index in [9.17, 15) is 0 Å². The fourth-order valence-electron chi connectivity index (χ4n) is 2.73. The van der Waals surface area contributed by atoms with Gasteiger partial charge in [0.05, 0.1) is 0 Å². The molecule has 116 valence electrons. The molecule has 1 saturated heterocycles. The largest absolute Gasteiger partial charge is 0.356 e. The first-order chi connectivity index (χ1) is 10.7. The first-order valence-corrected chi connectivity index (χ1v) is 8.21. The number of aryl methyl sites for hydroxylation is 1. The number of hydrogen-bond acceptors (Lipinski definition) is 4. The summed E-state index contributed by atoms with van der Waals surface area (Å²) in [4.78, 5) is 11.3. The van der Waals surface area contributed by atoms with Crippen LogP contribution in [-0.4, -0.2) is 23.1 Å². The molecule has 0 bridgehead atoms. The molecule has 1 fully saturated rings. The minimum atomic E-state index is 0.618. The van der Waals surface area contributed by atoms with Crippen LogP contribution in [0.2, 0.25) is 5.02 Å². The third kappa shape index (κ3) is 3.69. The molecule has 0 radical (unpaired) electrons. The molecular weight excluding hydrogens is 296 g/mol. The van der Waals surface area contributed by atoms with Crippen molar-refractivity contribution < 1.29 is 0 Å². The van der Waals surface area contributed by atoms with Gasteiger partial charge in [-0.1, -0.05) is 30.5 Å². The van der Waals surface area contributed by atoms with Crippen molar-refractivity contribution in [3.63, 3.8) is 0 Å². The van der Waals surface area contributed by atoms with E-state index < -0.39 is 0 Å². The topological polar surface area (TPSA) is 41.1 Å². The van der Waals surface area contributed by atoms with E-state index in [2.05, 4.69) is 20.2 Å². The highest BCUT2D eigenvalue weighted by molar-refractivity contribution is 6.30. The van der Waals surface area contributed by atoms with Gasteiger partial charge in [0, 0.05) is 30.0 Å². The first kappa shape index (κ1) is 15.1. The van der Waals surface area contributed by atoms with Crippen molar-refractivity contribution in [2.45, 2.75) is 32.6 Å². The quantitative estimate of drug-likeness (QED) is 0.901. The fraction of sp³-hybridized carbons (Fsp3) is 0.412. The van der Waals surface area contributed by atoms with Crippen LogP contribution in [0.25, 0.3) is 0 Å². The van der Waals surface area contributed by atoms with Gasteiger partial charge < -0.3 is 10.2 Å². The molecule has 1 aromatic carbocycles. The predicted octanol–water partition coefficient (Wildman–Crippen LogP) is 4.56. The van der Waals surface area contributed by atoms with Crippen LogP contribution < -0.4 is 10.2 Å². The van der Waals surface area contributed by atoms with Crippen LogP contribution in [0, 0.1) is 6.92 Å². The van der Waals surface area contributed by atoms with Gasteiger partial charge in [-0.2, -0.15) is 4.98 Å². The zero-order chi connectivity index (χ0) is 15.4. The molecule has 4 nitrogen and oxygen atoms in total. The number of hydrogen-bond donors (Lipinski definition) is 1. The summed E-state index contributed by atoms with van der Waals surface area (Å²) in [5.41, 5.74) is 2.06. The fourth-order valence-corrected chi connectivity index (χ4v) is 2.91. The van der Waals surface area contributed by atoms with Crippen molar-refractivity contribution in [2.75, 3.05) is 23.3 Å². The van der Waals surface area contributed by atoms with Gasteiger partial charge in [-0.25, -0.2) is 4.98 Å². The van der Waals surface area contributed by atoms with Crippen LogP contribution in [0.3, 0.4) is 0 Å². The van der Waals surface area contributed by atoms with E-state index in [4.69, 9.17) is 11.6 Å². The Hall–Kier alpha value is -1.81. The van der Waals surface area contributed by atoms with Gasteiger partial charge in [-0.05, 0) is 43.5 Å². The third-order valence-corrected chi connectivity index (χ3v) is 4.25. The number of rotatable bonds is 3. The monoisotopic (exact) mass is 316 g/mol. The summed E-state index contributed by atoms with van der Waals surface area (Å²) in [5, 5.41) is 3.98. The maximum absolute atomic E-state index is 6.07. The van der Waals surface area contributed by atoms with E-state index in [-0.39, 0.29) is 0 Å². The molecule has 0 aliphatic carbocycles. The summed E-state index contributed by atoms with van der Waals surface area (Å²) in [7, 11) is 0. The van der Waals surface area contributed by atoms with Gasteiger partial charge in [0.1, 0.15) is 5.82 Å². The maximum Gasteiger partial charge on any atom is 0.229 e. The SMILES string of the molecule is Cc1ccc(Cl)cc1Nc1nccc(N2CCCCCC2)n1. The van der Waals surface area contributed by atoms with E-state index in [0.29, 0.717) is 11.0 Å². The zero-order valence-corrected chi connectivity index (χ0v) is 13.6. The van der Waals surface area contributed by atoms with Crippen molar-refractivity contribution in [1.29, 1.82) is 0 Å². The molecule has 1 aliphatic rings. The van der Waals surface area contributed by atoms with Crippen molar-refractivity contribution in [3.05, 3.63) is 41.0 Å². The standard InChI is InChI=1S/C17H21ClN4/c1-13-6-7-14(18)12-15(13)20-17-19-9-8-16(21-17)22-10-4-2-3-5-11-22/h6-9,12H,2-5,10-11H2,1H3,(H,19,20,21). The first-order valence-electron chi connectivity index (χ1n) is 7.83. The average molecular weight is 317 g/mol. The molecule has 22 heavy (non-hydrogen) atoms. The average Bonchev–Trinajstić information content (AvgIpc) is 2.80. The second kappa shape index (κ2) is 6.97. The Balaban J connectivity index is 1.80. The molecule has 2 heterocycles. The summed E-state index contributed by atoms with van der Waals surface area (Å²) >= 11 is 6.07. The van der Waals surface area contributed by atoms with E-state index >= 15 is 0 Å². The van der Waals surface area contributed by atoms with Crippen LogP contribution in [0.5, 0.6) is 0 Å². The summed E-state index contributed by atoms with van der Waals surface area (Å²) in [6.45, 7) is 4.19. The van der Waals surface area contributed by atoms with Crippen molar-refractivity contribution in [1.82, 2.24) is 9.97 Å². The Labute approximate surface area is 136 Å². The van der Waals surface area contributed by atoms with Gasteiger partial charge >= 0.3 is 0 Å². The highest BCUT2D eigenvalue weighted by Crippen LogP contribution is 2.24. The molecule has 0 amide bonds. The molecule has 0 spiro atoms. The maximum atomic E-state index is 6.07. The van der Waals surface area contributed by atoms with Crippen molar-refractivity contribution in [2.24, 2.45) is 0 Å². The second-order valence-electron chi connectivity index (χ2n) is 5.72. The number of nitrogens with zero attached hydrogens (tertiary/aromatic N) is 3. The molecule has 1 N–H and O–H groups in total. The van der Waals surface area contributed by atoms with Gasteiger partial charge in [0.25, 0.3) is 0 Å². The molecule has 1 aromatic heterocycles. The highest BCUT2D eigenvalue weighted by atomic mass is 35.5. The van der Waals surface area contributed by atoms with Crippen LogP contribution in [0.15, 0.2) is 30.5 Å². The Morgan fingerprint density at radius 2 is 1.86 bits per heavy atom. The van der Waals surface area contributed by atoms with Gasteiger partial charge in [0.2, 0.25) is 5.95 Å². The Bertz CT molecular complexity index is 636. The summed E-state index contributed by atoms with van der Waals surface area (Å²) in [6, 6.07) is 7.76. The minimum Gasteiger partial charge on any atom is -0.356 e. The van der Waals surface area contributed by atoms with Crippen LogP contribution in [0.1, 0.15) is 31.2 Å². The molecule has 0 saturated carbocycles. The lowest BCUT2D eigenvalue weighted by atomic mass is 10.2. The molecule has 5 heteroatoms.